The van der Waals surface area contributed by atoms with Gasteiger partial charge >= 0.3 is 6.18 Å². The van der Waals surface area contributed by atoms with Crippen molar-refractivity contribution in [2.24, 2.45) is 11.0 Å². The summed E-state index contributed by atoms with van der Waals surface area (Å²) >= 11 is 0. The smallest absolute Gasteiger partial charge is 0.362 e. The fraction of sp³-hybridized carbons (Fsp3) is 0.818. The minimum absolute atomic E-state index is 0.123. The van der Waals surface area contributed by atoms with Crippen molar-refractivity contribution in [3.05, 3.63) is 0 Å². The average molecular weight is 264 g/mol. The highest BCUT2D eigenvalue weighted by molar-refractivity contribution is 5.93. The first-order valence-corrected chi connectivity index (χ1v) is 6.02. The van der Waals surface area contributed by atoms with Crippen LogP contribution >= 0.6 is 0 Å². The summed E-state index contributed by atoms with van der Waals surface area (Å²) in [5, 5.41) is 14.0. The summed E-state index contributed by atoms with van der Waals surface area (Å²) in [6.45, 7) is 1.45. The Kier molecular flexibility index (Phi) is 3.12. The first-order valence-electron chi connectivity index (χ1n) is 6.02. The molecular formula is C11H15F3N2O2. The Morgan fingerprint density at radius 2 is 2.22 bits per heavy atom. The van der Waals surface area contributed by atoms with E-state index >= 15 is 0 Å². The molecule has 4 nitrogen and oxygen atoms in total. The van der Waals surface area contributed by atoms with Gasteiger partial charge in [0.2, 0.25) is 5.91 Å². The second-order valence-electron chi connectivity index (χ2n) is 4.67. The topological polar surface area (TPSA) is 52.9 Å². The number of amides is 1. The Morgan fingerprint density at radius 1 is 1.56 bits per heavy atom. The molecular weight excluding hydrogens is 249 g/mol. The quantitative estimate of drug-likeness (QED) is 0.788. The van der Waals surface area contributed by atoms with Crippen LogP contribution in [0.3, 0.4) is 0 Å². The normalized spacial score (nSPS) is 32.2. The molecule has 0 aromatic rings. The van der Waals surface area contributed by atoms with Gasteiger partial charge in [0.15, 0.2) is 0 Å². The number of hydrogen-bond donors (Lipinski definition) is 1. The number of rotatable bonds is 1. The van der Waals surface area contributed by atoms with Gasteiger partial charge in [-0.25, -0.2) is 0 Å². The van der Waals surface area contributed by atoms with Crippen LogP contribution in [0.15, 0.2) is 5.10 Å². The number of aliphatic hydroxyl groups is 1. The standard InChI is InChI=1S/C11H15F3N2O2/c1-2-9(17)16-10(18,11(12,13)14)7-5-3-4-6-8(7)15-16/h7,18H,2-6H2,1H3/t7-,10+/m1/s1. The van der Waals surface area contributed by atoms with Crippen LogP contribution in [0.4, 0.5) is 13.2 Å². The van der Waals surface area contributed by atoms with E-state index in [9.17, 15) is 23.1 Å². The zero-order valence-corrected chi connectivity index (χ0v) is 10.00. The molecule has 0 spiro atoms. The lowest BCUT2D eigenvalue weighted by atomic mass is 9.80. The number of hydrazone groups is 1. The molecule has 1 aliphatic carbocycles. The van der Waals surface area contributed by atoms with E-state index < -0.39 is 23.7 Å². The molecule has 0 aromatic carbocycles. The Balaban J connectivity index is 2.43. The lowest BCUT2D eigenvalue weighted by Crippen LogP contribution is -2.61. The number of carbonyl (C=O) groups excluding carboxylic acids is 1. The lowest BCUT2D eigenvalue weighted by molar-refractivity contribution is -0.317. The SMILES string of the molecule is CCC(=O)N1N=C2CCCC[C@H]2[C@]1(O)C(F)(F)F. The van der Waals surface area contributed by atoms with Crippen molar-refractivity contribution in [3.8, 4) is 0 Å². The van der Waals surface area contributed by atoms with Gasteiger partial charge < -0.3 is 5.11 Å². The molecule has 7 heteroatoms. The number of alkyl halides is 3. The summed E-state index contributed by atoms with van der Waals surface area (Å²) in [5.74, 6) is -1.92. The van der Waals surface area contributed by atoms with E-state index in [1.807, 2.05) is 0 Å². The summed E-state index contributed by atoms with van der Waals surface area (Å²) in [6.07, 6.45) is -3.04. The van der Waals surface area contributed by atoms with Crippen molar-refractivity contribution in [1.29, 1.82) is 0 Å². The van der Waals surface area contributed by atoms with Crippen molar-refractivity contribution in [3.63, 3.8) is 0 Å². The van der Waals surface area contributed by atoms with Crippen LogP contribution in [-0.2, 0) is 4.79 Å². The number of hydrogen-bond acceptors (Lipinski definition) is 3. The summed E-state index contributed by atoms with van der Waals surface area (Å²) in [5.41, 5.74) is -2.86. The number of nitrogens with zero attached hydrogens (tertiary/aromatic N) is 2. The third kappa shape index (κ3) is 1.72. The second-order valence-corrected chi connectivity index (χ2v) is 4.67. The molecule has 0 unspecified atom stereocenters. The van der Waals surface area contributed by atoms with Crippen LogP contribution in [0.2, 0.25) is 0 Å². The van der Waals surface area contributed by atoms with E-state index in [2.05, 4.69) is 5.10 Å². The maximum Gasteiger partial charge on any atom is 0.439 e. The number of carbonyl (C=O) groups is 1. The minimum Gasteiger partial charge on any atom is -0.362 e. The predicted molar refractivity (Wildman–Crippen MR) is 57.5 cm³/mol. The van der Waals surface area contributed by atoms with E-state index in [-0.39, 0.29) is 17.9 Å². The van der Waals surface area contributed by atoms with Gasteiger partial charge in [-0.1, -0.05) is 13.3 Å². The molecule has 2 aliphatic rings. The molecule has 18 heavy (non-hydrogen) atoms. The fourth-order valence-electron chi connectivity index (χ4n) is 2.61. The van der Waals surface area contributed by atoms with Crippen LogP contribution in [0, 0.1) is 5.92 Å². The van der Waals surface area contributed by atoms with Crippen molar-refractivity contribution in [2.75, 3.05) is 0 Å². The lowest BCUT2D eigenvalue weighted by Gasteiger charge is -2.38. The Labute approximate surface area is 102 Å². The summed E-state index contributed by atoms with van der Waals surface area (Å²) in [6, 6.07) is 0. The van der Waals surface area contributed by atoms with Gasteiger partial charge in [-0.05, 0) is 19.3 Å². The third-order valence-corrected chi connectivity index (χ3v) is 3.57. The first-order chi connectivity index (χ1) is 8.32. The average Bonchev–Trinajstić information content (AvgIpc) is 2.63. The number of halogens is 3. The van der Waals surface area contributed by atoms with Gasteiger partial charge in [0.1, 0.15) is 0 Å². The maximum absolute atomic E-state index is 13.1. The fourth-order valence-corrected chi connectivity index (χ4v) is 2.61. The van der Waals surface area contributed by atoms with Crippen LogP contribution in [0.5, 0.6) is 0 Å². The van der Waals surface area contributed by atoms with Crippen molar-refractivity contribution in [1.82, 2.24) is 5.01 Å². The minimum atomic E-state index is -4.90. The van der Waals surface area contributed by atoms with Crippen molar-refractivity contribution < 1.29 is 23.1 Å². The zero-order chi connectivity index (χ0) is 13.6. The van der Waals surface area contributed by atoms with E-state index in [4.69, 9.17) is 0 Å². The molecule has 1 amide bonds. The van der Waals surface area contributed by atoms with Crippen LogP contribution in [-0.4, -0.2) is 33.6 Å². The molecule has 0 aromatic heterocycles. The van der Waals surface area contributed by atoms with Crippen molar-refractivity contribution in [2.45, 2.75) is 50.9 Å². The number of fused-ring (bicyclic) bond motifs is 1. The van der Waals surface area contributed by atoms with Crippen molar-refractivity contribution >= 4 is 11.6 Å². The van der Waals surface area contributed by atoms with Gasteiger partial charge in [0.25, 0.3) is 5.72 Å². The highest BCUT2D eigenvalue weighted by Crippen LogP contribution is 2.48. The first kappa shape index (κ1) is 13.3. The largest absolute Gasteiger partial charge is 0.439 e. The van der Waals surface area contributed by atoms with E-state index in [1.54, 1.807) is 0 Å². The van der Waals surface area contributed by atoms with Crippen LogP contribution < -0.4 is 0 Å². The highest BCUT2D eigenvalue weighted by atomic mass is 19.4. The Morgan fingerprint density at radius 3 is 2.78 bits per heavy atom. The predicted octanol–water partition coefficient (Wildman–Crippen LogP) is 2.04. The monoisotopic (exact) mass is 264 g/mol. The van der Waals surface area contributed by atoms with Gasteiger partial charge in [-0.2, -0.15) is 23.3 Å². The zero-order valence-electron chi connectivity index (χ0n) is 10.00. The summed E-state index contributed by atoms with van der Waals surface area (Å²) in [7, 11) is 0. The summed E-state index contributed by atoms with van der Waals surface area (Å²) < 4.78 is 39.4. The molecule has 0 bridgehead atoms. The van der Waals surface area contributed by atoms with Crippen LogP contribution in [0.1, 0.15) is 39.0 Å². The molecule has 0 saturated heterocycles. The molecule has 1 saturated carbocycles. The molecule has 0 radical (unpaired) electrons. The highest BCUT2D eigenvalue weighted by Gasteiger charge is 2.68. The molecule has 2 rings (SSSR count). The van der Waals surface area contributed by atoms with Gasteiger partial charge in [-0.3, -0.25) is 4.79 Å². The molecule has 1 fully saturated rings. The maximum atomic E-state index is 13.1. The van der Waals surface area contributed by atoms with E-state index in [0.717, 1.165) is 6.42 Å². The Bertz CT molecular complexity index is 394. The molecule has 2 atom stereocenters. The van der Waals surface area contributed by atoms with Gasteiger partial charge in [-0.15, -0.1) is 0 Å². The third-order valence-electron chi connectivity index (χ3n) is 3.57. The molecule has 102 valence electrons. The molecule has 1 heterocycles. The Hall–Kier alpha value is -1.11. The molecule has 1 aliphatic heterocycles. The van der Waals surface area contributed by atoms with E-state index in [1.165, 1.54) is 6.92 Å². The van der Waals surface area contributed by atoms with Gasteiger partial charge in [0, 0.05) is 12.1 Å². The summed E-state index contributed by atoms with van der Waals surface area (Å²) in [4.78, 5) is 11.6. The van der Waals surface area contributed by atoms with Gasteiger partial charge in [0.05, 0.1) is 5.92 Å². The van der Waals surface area contributed by atoms with Crippen LogP contribution in [0.25, 0.3) is 0 Å². The molecule has 1 N–H and O–H groups in total. The van der Waals surface area contributed by atoms with E-state index in [0.29, 0.717) is 18.6 Å². The second kappa shape index (κ2) is 4.22.